The van der Waals surface area contributed by atoms with Gasteiger partial charge >= 0.3 is 5.97 Å². The maximum atomic E-state index is 12.3. The number of esters is 1. The molecule has 9 nitrogen and oxygen atoms in total. The van der Waals surface area contributed by atoms with Gasteiger partial charge in [0, 0.05) is 6.08 Å². The van der Waals surface area contributed by atoms with E-state index in [1.54, 1.807) is 29.6 Å². The molecule has 0 spiro atoms. The van der Waals surface area contributed by atoms with E-state index < -0.39 is 34.4 Å². The molecule has 2 amide bonds. The van der Waals surface area contributed by atoms with Crippen LogP contribution >= 0.6 is 11.3 Å². The fourth-order valence-corrected chi connectivity index (χ4v) is 4.01. The van der Waals surface area contributed by atoms with Gasteiger partial charge in [0.15, 0.2) is 6.61 Å². The van der Waals surface area contributed by atoms with Gasteiger partial charge in [-0.3, -0.25) is 14.9 Å². The van der Waals surface area contributed by atoms with Crippen LogP contribution in [0.3, 0.4) is 0 Å². The van der Waals surface area contributed by atoms with Crippen molar-refractivity contribution in [3.63, 3.8) is 0 Å². The maximum Gasteiger partial charge on any atom is 0.331 e. The van der Waals surface area contributed by atoms with Gasteiger partial charge in [-0.25, -0.2) is 17.9 Å². The van der Waals surface area contributed by atoms with Gasteiger partial charge in [0.25, 0.3) is 11.8 Å². The monoisotopic (exact) mass is 474 g/mol. The van der Waals surface area contributed by atoms with Crippen LogP contribution in [0.1, 0.15) is 21.0 Å². The molecule has 3 aromatic rings. The minimum Gasteiger partial charge on any atom is -0.468 e. The van der Waals surface area contributed by atoms with Gasteiger partial charge in [-0.2, -0.15) is 0 Å². The zero-order valence-corrected chi connectivity index (χ0v) is 18.1. The Hall–Kier alpha value is -3.54. The number of amides is 2. The second-order valence-electron chi connectivity index (χ2n) is 6.27. The first-order valence-electron chi connectivity index (χ1n) is 9.18. The number of hydrogen-bond donors (Lipinski definition) is 2. The van der Waals surface area contributed by atoms with E-state index in [1.807, 2.05) is 0 Å². The van der Waals surface area contributed by atoms with Crippen molar-refractivity contribution in [1.29, 1.82) is 0 Å². The van der Waals surface area contributed by atoms with E-state index in [9.17, 15) is 22.8 Å². The molecule has 0 bridgehead atoms. The number of rotatable bonds is 9. The molecular weight excluding hydrogens is 456 g/mol. The Morgan fingerprint density at radius 2 is 1.84 bits per heavy atom. The minimum atomic E-state index is -3.73. The second-order valence-corrected chi connectivity index (χ2v) is 8.98. The Morgan fingerprint density at radius 1 is 1.06 bits per heavy atom. The van der Waals surface area contributed by atoms with Crippen molar-refractivity contribution in [2.75, 3.05) is 6.61 Å². The van der Waals surface area contributed by atoms with Crippen molar-refractivity contribution in [3.8, 4) is 0 Å². The highest BCUT2D eigenvalue weighted by atomic mass is 32.2. The summed E-state index contributed by atoms with van der Waals surface area (Å²) in [7, 11) is -3.73. The average molecular weight is 475 g/mol. The minimum absolute atomic E-state index is 0.0231. The number of ether oxygens (including phenoxy) is 1. The van der Waals surface area contributed by atoms with Crippen LogP contribution in [0.25, 0.3) is 6.08 Å². The molecule has 0 aliphatic rings. The van der Waals surface area contributed by atoms with Crippen molar-refractivity contribution in [2.24, 2.45) is 0 Å². The summed E-state index contributed by atoms with van der Waals surface area (Å²) in [6.07, 6.45) is 3.95. The van der Waals surface area contributed by atoms with Crippen molar-refractivity contribution >= 4 is 45.2 Å². The molecule has 0 unspecified atom stereocenters. The summed E-state index contributed by atoms with van der Waals surface area (Å²) in [6.45, 7) is -0.589. The van der Waals surface area contributed by atoms with Crippen LogP contribution in [0, 0.1) is 0 Å². The number of hydrogen-bond acceptors (Lipinski definition) is 8. The zero-order valence-electron chi connectivity index (χ0n) is 16.5. The third-order valence-corrected chi connectivity index (χ3v) is 6.25. The number of thiophene rings is 1. The van der Waals surface area contributed by atoms with Crippen molar-refractivity contribution in [2.45, 2.75) is 11.4 Å². The Bertz CT molecular complexity index is 1200. The lowest BCUT2D eigenvalue weighted by Gasteiger charge is -2.05. The van der Waals surface area contributed by atoms with E-state index in [2.05, 4.69) is 10.0 Å². The second kappa shape index (κ2) is 10.7. The molecule has 0 saturated carbocycles. The van der Waals surface area contributed by atoms with E-state index in [0.717, 1.165) is 6.08 Å². The van der Waals surface area contributed by atoms with Gasteiger partial charge < -0.3 is 9.15 Å². The standard InChI is InChI=1S/C21H18N2O7S2/c24-19(23-21(26)18-4-2-12-31-18)14-30-20(25)10-7-15-5-8-17(9-6-15)32(27,28)22-13-16-3-1-11-29-16/h1-12,22H,13-14H2,(H,23,24,26)/b10-7+. The lowest BCUT2D eigenvalue weighted by atomic mass is 10.2. The van der Waals surface area contributed by atoms with Gasteiger partial charge in [0.1, 0.15) is 5.76 Å². The molecule has 0 fully saturated rings. The first-order valence-corrected chi connectivity index (χ1v) is 11.5. The van der Waals surface area contributed by atoms with Gasteiger partial charge in [0.05, 0.1) is 22.6 Å². The fourth-order valence-electron chi connectivity index (χ4n) is 2.40. The van der Waals surface area contributed by atoms with Crippen LogP contribution in [-0.2, 0) is 30.9 Å². The number of nitrogens with one attached hydrogen (secondary N) is 2. The number of sulfonamides is 1. The zero-order chi connectivity index (χ0) is 23.0. The molecule has 11 heteroatoms. The summed E-state index contributed by atoms with van der Waals surface area (Å²) in [5.74, 6) is -1.62. The Kier molecular flexibility index (Phi) is 7.71. The van der Waals surface area contributed by atoms with E-state index >= 15 is 0 Å². The van der Waals surface area contributed by atoms with Crippen molar-refractivity contribution in [1.82, 2.24) is 10.0 Å². The summed E-state index contributed by atoms with van der Waals surface area (Å²) in [4.78, 5) is 35.6. The molecule has 2 heterocycles. The van der Waals surface area contributed by atoms with E-state index in [0.29, 0.717) is 16.2 Å². The molecule has 3 rings (SSSR count). The summed E-state index contributed by atoms with van der Waals surface area (Å²) < 4.78 is 36.9. The summed E-state index contributed by atoms with van der Waals surface area (Å²) >= 11 is 1.18. The van der Waals surface area contributed by atoms with Crippen LogP contribution in [0.2, 0.25) is 0 Å². The van der Waals surface area contributed by atoms with Crippen LogP contribution in [0.15, 0.2) is 75.6 Å². The normalized spacial score (nSPS) is 11.4. The molecule has 0 saturated heterocycles. The summed E-state index contributed by atoms with van der Waals surface area (Å²) in [5, 5.41) is 3.81. The quantitative estimate of drug-likeness (QED) is 0.359. The summed E-state index contributed by atoms with van der Waals surface area (Å²) in [6, 6.07) is 12.4. The molecule has 166 valence electrons. The number of carbonyl (C=O) groups is 3. The molecule has 2 aromatic heterocycles. The number of imide groups is 1. The maximum absolute atomic E-state index is 12.3. The molecule has 0 atom stereocenters. The van der Waals surface area contributed by atoms with E-state index in [-0.39, 0.29) is 11.4 Å². The molecule has 0 radical (unpaired) electrons. The molecule has 0 aliphatic heterocycles. The van der Waals surface area contributed by atoms with Gasteiger partial charge in [0.2, 0.25) is 10.0 Å². The largest absolute Gasteiger partial charge is 0.468 e. The number of benzene rings is 1. The van der Waals surface area contributed by atoms with Crippen LogP contribution in [0.4, 0.5) is 0 Å². The van der Waals surface area contributed by atoms with E-state index in [1.165, 1.54) is 47.9 Å². The van der Waals surface area contributed by atoms with Gasteiger partial charge in [-0.05, 0) is 47.4 Å². The highest BCUT2D eigenvalue weighted by molar-refractivity contribution is 7.89. The molecule has 2 N–H and O–H groups in total. The highest BCUT2D eigenvalue weighted by Gasteiger charge is 2.14. The third kappa shape index (κ3) is 6.74. The van der Waals surface area contributed by atoms with Crippen LogP contribution in [0.5, 0.6) is 0 Å². The smallest absolute Gasteiger partial charge is 0.331 e. The first-order chi connectivity index (χ1) is 15.3. The topological polar surface area (TPSA) is 132 Å². The summed E-state index contributed by atoms with van der Waals surface area (Å²) in [5.41, 5.74) is 0.546. The van der Waals surface area contributed by atoms with E-state index in [4.69, 9.17) is 9.15 Å². The molecule has 0 aliphatic carbocycles. The lowest BCUT2D eigenvalue weighted by molar-refractivity contribution is -0.143. The lowest BCUT2D eigenvalue weighted by Crippen LogP contribution is -2.33. The van der Waals surface area contributed by atoms with Gasteiger partial charge in [-0.15, -0.1) is 11.3 Å². The number of furan rings is 1. The van der Waals surface area contributed by atoms with Crippen LogP contribution < -0.4 is 10.0 Å². The highest BCUT2D eigenvalue weighted by Crippen LogP contribution is 2.13. The Balaban J connectivity index is 1.46. The Morgan fingerprint density at radius 3 is 2.50 bits per heavy atom. The predicted molar refractivity (Wildman–Crippen MR) is 116 cm³/mol. The van der Waals surface area contributed by atoms with Crippen LogP contribution in [-0.4, -0.2) is 32.8 Å². The SMILES string of the molecule is O=C(COC(=O)/C=C/c1ccc(S(=O)(=O)NCc2ccco2)cc1)NC(=O)c1cccs1. The molecule has 1 aromatic carbocycles. The van der Waals surface area contributed by atoms with Gasteiger partial charge in [-0.1, -0.05) is 18.2 Å². The molecular formula is C21H18N2O7S2. The average Bonchev–Trinajstić information content (AvgIpc) is 3.49. The van der Waals surface area contributed by atoms with Crippen molar-refractivity contribution in [3.05, 3.63) is 82.5 Å². The Labute approximate surface area is 187 Å². The predicted octanol–water partition coefficient (Wildman–Crippen LogP) is 2.33. The molecule has 32 heavy (non-hydrogen) atoms. The third-order valence-electron chi connectivity index (χ3n) is 3.96. The van der Waals surface area contributed by atoms with Crippen molar-refractivity contribution < 1.29 is 32.0 Å². The first kappa shape index (κ1) is 23.1. The number of carbonyl (C=O) groups excluding carboxylic acids is 3. The fraction of sp³-hybridized carbons (Fsp3) is 0.0952.